The first-order valence-corrected chi connectivity index (χ1v) is 10.2. The molecule has 158 valence electrons. The molecule has 3 heteroatoms. The molecule has 3 nitrogen and oxygen atoms in total. The van der Waals surface area contributed by atoms with Crippen LogP contribution < -0.4 is 4.74 Å². The first-order chi connectivity index (χ1) is 13.1. The second-order valence-corrected chi connectivity index (χ2v) is 10.3. The summed E-state index contributed by atoms with van der Waals surface area (Å²) in [6.45, 7) is 22.2. The number of rotatable bonds is 2. The molecule has 0 aliphatic carbocycles. The monoisotopic (exact) mass is 396 g/mol. The van der Waals surface area contributed by atoms with Crippen molar-refractivity contribution < 1.29 is 14.6 Å². The van der Waals surface area contributed by atoms with Gasteiger partial charge < -0.3 is 9.84 Å². The molecule has 0 atom stereocenters. The van der Waals surface area contributed by atoms with Gasteiger partial charge in [0.25, 0.3) is 0 Å². The molecule has 0 unspecified atom stereocenters. The van der Waals surface area contributed by atoms with E-state index in [0.29, 0.717) is 5.75 Å². The molecule has 0 radical (unpaired) electrons. The van der Waals surface area contributed by atoms with Crippen molar-refractivity contribution in [3.63, 3.8) is 0 Å². The highest BCUT2D eigenvalue weighted by Gasteiger charge is 2.30. The summed E-state index contributed by atoms with van der Waals surface area (Å²) < 4.78 is 5.82. The molecule has 1 N–H and O–H groups in total. The predicted molar refractivity (Wildman–Crippen MR) is 121 cm³/mol. The van der Waals surface area contributed by atoms with Crippen molar-refractivity contribution in [3.8, 4) is 22.6 Å². The Kier molecular flexibility index (Phi) is 5.96. The molecule has 2 aromatic carbocycles. The molecule has 0 fully saturated rings. The molecule has 0 amide bonds. The molecule has 2 rings (SSSR count). The Morgan fingerprint density at radius 3 is 1.62 bits per heavy atom. The van der Waals surface area contributed by atoms with Crippen LogP contribution in [0.2, 0.25) is 0 Å². The Balaban J connectivity index is 3.12. The zero-order chi connectivity index (χ0) is 22.5. The van der Waals surface area contributed by atoms with E-state index in [0.717, 1.165) is 44.5 Å². The van der Waals surface area contributed by atoms with E-state index >= 15 is 0 Å². The SMILES string of the molecule is CC(=O)Oc1c(C(C)(C)C)cc(C)c(C)c1-c1c(C)c(C)cc(C(C)(C)C)c1O. The number of phenols is 1. The minimum atomic E-state index is -0.360. The number of carbonyl (C=O) groups excluding carboxylic acids is 1. The summed E-state index contributed by atoms with van der Waals surface area (Å²) in [6, 6.07) is 4.17. The fraction of sp³-hybridized carbons (Fsp3) is 0.500. The lowest BCUT2D eigenvalue weighted by atomic mass is 9.77. The van der Waals surface area contributed by atoms with Crippen LogP contribution in [0.25, 0.3) is 11.1 Å². The first-order valence-electron chi connectivity index (χ1n) is 10.2. The highest BCUT2D eigenvalue weighted by Crippen LogP contribution is 2.49. The molecule has 0 aliphatic rings. The summed E-state index contributed by atoms with van der Waals surface area (Å²) in [7, 11) is 0. The Hall–Kier alpha value is -2.29. The lowest BCUT2D eigenvalue weighted by Gasteiger charge is -2.29. The van der Waals surface area contributed by atoms with Crippen molar-refractivity contribution in [2.45, 2.75) is 87.0 Å². The average Bonchev–Trinajstić information content (AvgIpc) is 2.54. The molecule has 0 bridgehead atoms. The molecule has 29 heavy (non-hydrogen) atoms. The van der Waals surface area contributed by atoms with Gasteiger partial charge in [0.1, 0.15) is 11.5 Å². The number of hydrogen-bond acceptors (Lipinski definition) is 3. The second kappa shape index (κ2) is 7.51. The molecule has 0 spiro atoms. The smallest absolute Gasteiger partial charge is 0.308 e. The molecule has 0 saturated heterocycles. The van der Waals surface area contributed by atoms with E-state index in [1.165, 1.54) is 6.92 Å². The summed E-state index contributed by atoms with van der Waals surface area (Å²) in [4.78, 5) is 12.1. The third-order valence-electron chi connectivity index (χ3n) is 5.73. The van der Waals surface area contributed by atoms with Crippen molar-refractivity contribution in [2.75, 3.05) is 0 Å². The van der Waals surface area contributed by atoms with Gasteiger partial charge in [0.05, 0.1) is 0 Å². The van der Waals surface area contributed by atoms with Gasteiger partial charge in [-0.3, -0.25) is 4.79 Å². The Morgan fingerprint density at radius 2 is 1.21 bits per heavy atom. The Morgan fingerprint density at radius 1 is 0.793 bits per heavy atom. The quantitative estimate of drug-likeness (QED) is 0.448. The summed E-state index contributed by atoms with van der Waals surface area (Å²) in [5, 5.41) is 11.4. The minimum Gasteiger partial charge on any atom is -0.507 e. The number of hydrogen-bond donors (Lipinski definition) is 1. The first kappa shape index (κ1) is 23.0. The zero-order valence-electron chi connectivity index (χ0n) is 19.9. The van der Waals surface area contributed by atoms with E-state index in [1.54, 1.807) is 0 Å². The van der Waals surface area contributed by atoms with Crippen LogP contribution in [0.1, 0.15) is 81.8 Å². The van der Waals surface area contributed by atoms with E-state index in [9.17, 15) is 9.90 Å². The molecular formula is C26H36O3. The van der Waals surface area contributed by atoms with Crippen molar-refractivity contribution in [1.82, 2.24) is 0 Å². The molecule has 0 heterocycles. The third-order valence-corrected chi connectivity index (χ3v) is 5.73. The maximum absolute atomic E-state index is 12.1. The number of benzene rings is 2. The van der Waals surface area contributed by atoms with Crippen LogP contribution in [0.5, 0.6) is 11.5 Å². The number of carbonyl (C=O) groups is 1. The lowest BCUT2D eigenvalue weighted by Crippen LogP contribution is -2.18. The van der Waals surface area contributed by atoms with Gasteiger partial charge >= 0.3 is 5.97 Å². The molecular weight excluding hydrogens is 360 g/mol. The molecule has 0 aliphatic heterocycles. The van der Waals surface area contributed by atoms with Gasteiger partial charge in [0.15, 0.2) is 0 Å². The minimum absolute atomic E-state index is 0.219. The van der Waals surface area contributed by atoms with Crippen molar-refractivity contribution in [3.05, 3.63) is 45.5 Å². The van der Waals surface area contributed by atoms with Crippen LogP contribution in [-0.2, 0) is 15.6 Å². The topological polar surface area (TPSA) is 46.5 Å². The van der Waals surface area contributed by atoms with E-state index < -0.39 is 0 Å². The van der Waals surface area contributed by atoms with Gasteiger partial charge in [-0.2, -0.15) is 0 Å². The Bertz CT molecular complexity index is 967. The van der Waals surface area contributed by atoms with Gasteiger partial charge in [-0.25, -0.2) is 0 Å². The summed E-state index contributed by atoms with van der Waals surface area (Å²) in [5.41, 5.74) is 7.21. The van der Waals surface area contributed by atoms with Crippen LogP contribution in [0.4, 0.5) is 0 Å². The van der Waals surface area contributed by atoms with Gasteiger partial charge in [-0.05, 0) is 60.8 Å². The number of esters is 1. The normalized spacial score (nSPS) is 12.2. The lowest BCUT2D eigenvalue weighted by molar-refractivity contribution is -0.131. The summed E-state index contributed by atoms with van der Waals surface area (Å²) >= 11 is 0. The molecule has 2 aromatic rings. The highest BCUT2D eigenvalue weighted by molar-refractivity contribution is 5.87. The summed E-state index contributed by atoms with van der Waals surface area (Å²) in [6.07, 6.45) is 0. The second-order valence-electron chi connectivity index (χ2n) is 10.3. The van der Waals surface area contributed by atoms with Crippen LogP contribution in [0.15, 0.2) is 12.1 Å². The predicted octanol–water partition coefficient (Wildman–Crippen LogP) is 6.81. The number of aryl methyl sites for hydroxylation is 2. The Labute approximate surface area is 176 Å². The molecule has 0 saturated carbocycles. The number of phenolic OH excluding ortho intramolecular Hbond substituents is 1. The molecule has 0 aromatic heterocycles. The van der Waals surface area contributed by atoms with E-state index in [-0.39, 0.29) is 22.5 Å². The maximum Gasteiger partial charge on any atom is 0.308 e. The van der Waals surface area contributed by atoms with Crippen LogP contribution in [0.3, 0.4) is 0 Å². The van der Waals surface area contributed by atoms with E-state index in [2.05, 4.69) is 67.5 Å². The van der Waals surface area contributed by atoms with Crippen molar-refractivity contribution >= 4 is 5.97 Å². The number of ether oxygens (including phenoxy) is 1. The van der Waals surface area contributed by atoms with Crippen molar-refractivity contribution in [1.29, 1.82) is 0 Å². The summed E-state index contributed by atoms with van der Waals surface area (Å²) in [5.74, 6) is 0.459. The third kappa shape index (κ3) is 4.34. The standard InChI is InChI=1S/C26H36O3/c1-14-12-19(25(6,7)8)23(28)21(16(14)3)22-17(4)15(2)13-20(26(9,10)11)24(22)29-18(5)27/h12-13,28H,1-11H3. The zero-order valence-corrected chi connectivity index (χ0v) is 19.9. The van der Waals surface area contributed by atoms with Gasteiger partial charge in [-0.1, -0.05) is 53.7 Å². The number of aromatic hydroxyl groups is 1. The van der Waals surface area contributed by atoms with Crippen molar-refractivity contribution in [2.24, 2.45) is 0 Å². The van der Waals surface area contributed by atoms with E-state index in [1.807, 2.05) is 13.8 Å². The van der Waals surface area contributed by atoms with Crippen LogP contribution in [0, 0.1) is 27.7 Å². The van der Waals surface area contributed by atoms with Gasteiger partial charge in [0.2, 0.25) is 0 Å². The fourth-order valence-electron chi connectivity index (χ4n) is 3.78. The van der Waals surface area contributed by atoms with Gasteiger partial charge in [-0.15, -0.1) is 0 Å². The van der Waals surface area contributed by atoms with Crippen LogP contribution >= 0.6 is 0 Å². The van der Waals surface area contributed by atoms with E-state index in [4.69, 9.17) is 4.74 Å². The van der Waals surface area contributed by atoms with Crippen LogP contribution in [-0.4, -0.2) is 11.1 Å². The maximum atomic E-state index is 12.1. The van der Waals surface area contributed by atoms with Gasteiger partial charge in [0, 0.05) is 29.2 Å². The largest absolute Gasteiger partial charge is 0.507 e. The average molecular weight is 397 g/mol. The highest BCUT2D eigenvalue weighted by atomic mass is 16.5. The fourth-order valence-corrected chi connectivity index (χ4v) is 3.78.